The molecule has 0 radical (unpaired) electrons. The van der Waals surface area contributed by atoms with E-state index in [4.69, 9.17) is 5.73 Å². The van der Waals surface area contributed by atoms with Gasteiger partial charge in [-0.1, -0.05) is 45.0 Å². The van der Waals surface area contributed by atoms with Crippen LogP contribution in [0.25, 0.3) is 0 Å². The molecule has 1 aromatic heterocycles. The van der Waals surface area contributed by atoms with Crippen LogP contribution in [-0.4, -0.2) is 9.59 Å². The fourth-order valence-corrected chi connectivity index (χ4v) is 2.41. The van der Waals surface area contributed by atoms with Crippen LogP contribution in [0.1, 0.15) is 63.6 Å². The van der Waals surface area contributed by atoms with Crippen molar-refractivity contribution in [2.24, 2.45) is 5.73 Å². The van der Waals surface area contributed by atoms with Gasteiger partial charge in [-0.3, -0.25) is 0 Å². The van der Waals surface area contributed by atoms with Crippen molar-refractivity contribution >= 4 is 11.5 Å². The molecule has 3 nitrogen and oxygen atoms in total. The van der Waals surface area contributed by atoms with Crippen molar-refractivity contribution in [3.05, 3.63) is 10.6 Å². The summed E-state index contributed by atoms with van der Waals surface area (Å²) in [6.45, 7) is 8.64. The smallest absolute Gasteiger partial charge is 0.0856 e. The Kier molecular flexibility index (Phi) is 4.22. The highest BCUT2D eigenvalue weighted by atomic mass is 32.1. The molecule has 1 rings (SSSR count). The van der Waals surface area contributed by atoms with Gasteiger partial charge >= 0.3 is 0 Å². The van der Waals surface area contributed by atoms with E-state index >= 15 is 0 Å². The number of unbranched alkanes of at least 4 members (excludes halogenated alkanes) is 1. The number of hydrogen-bond acceptors (Lipinski definition) is 4. The summed E-state index contributed by atoms with van der Waals surface area (Å²) in [4.78, 5) is 1.16. The van der Waals surface area contributed by atoms with Crippen LogP contribution in [0.15, 0.2) is 0 Å². The molecule has 1 aromatic rings. The van der Waals surface area contributed by atoms with Gasteiger partial charge in [0.25, 0.3) is 0 Å². The Bertz CT molecular complexity index is 301. The van der Waals surface area contributed by atoms with Gasteiger partial charge in [0.1, 0.15) is 0 Å². The van der Waals surface area contributed by atoms with Crippen molar-refractivity contribution in [1.29, 1.82) is 0 Å². The first kappa shape index (κ1) is 12.6. The number of aromatic nitrogens is 2. The van der Waals surface area contributed by atoms with E-state index in [1.807, 2.05) is 0 Å². The van der Waals surface area contributed by atoms with Crippen molar-refractivity contribution in [1.82, 2.24) is 9.59 Å². The van der Waals surface area contributed by atoms with Crippen LogP contribution >= 0.6 is 11.5 Å². The Morgan fingerprint density at radius 2 is 2.07 bits per heavy atom. The van der Waals surface area contributed by atoms with E-state index in [-0.39, 0.29) is 11.5 Å². The van der Waals surface area contributed by atoms with Gasteiger partial charge in [0, 0.05) is 11.5 Å². The zero-order valence-electron chi connectivity index (χ0n) is 10.1. The molecule has 0 saturated heterocycles. The minimum atomic E-state index is 0.0478. The lowest BCUT2D eigenvalue weighted by atomic mass is 9.89. The molecule has 0 fully saturated rings. The van der Waals surface area contributed by atoms with Crippen LogP contribution in [0.3, 0.4) is 0 Å². The molecule has 0 aliphatic carbocycles. The molecule has 1 heterocycles. The molecule has 0 aliphatic rings. The topological polar surface area (TPSA) is 51.8 Å². The molecule has 86 valence electrons. The van der Waals surface area contributed by atoms with E-state index in [1.165, 1.54) is 24.4 Å². The first-order valence-corrected chi connectivity index (χ1v) is 6.32. The predicted octanol–water partition coefficient (Wildman–Crippen LogP) is 3.03. The minimum absolute atomic E-state index is 0.0478. The van der Waals surface area contributed by atoms with Gasteiger partial charge in [0.15, 0.2) is 0 Å². The average Bonchev–Trinajstić information content (AvgIpc) is 2.61. The Morgan fingerprint density at radius 3 is 2.60 bits per heavy atom. The average molecular weight is 227 g/mol. The predicted molar refractivity (Wildman–Crippen MR) is 65.1 cm³/mol. The third kappa shape index (κ3) is 3.24. The van der Waals surface area contributed by atoms with E-state index in [1.54, 1.807) is 0 Å². The van der Waals surface area contributed by atoms with E-state index in [0.29, 0.717) is 0 Å². The summed E-state index contributed by atoms with van der Waals surface area (Å²) in [7, 11) is 0. The van der Waals surface area contributed by atoms with Gasteiger partial charge < -0.3 is 5.73 Å². The van der Waals surface area contributed by atoms with Crippen molar-refractivity contribution in [3.8, 4) is 0 Å². The van der Waals surface area contributed by atoms with Crippen molar-refractivity contribution in [2.75, 3.05) is 0 Å². The van der Waals surface area contributed by atoms with Gasteiger partial charge in [-0.25, -0.2) is 0 Å². The second-order valence-corrected chi connectivity index (χ2v) is 5.77. The van der Waals surface area contributed by atoms with Crippen molar-refractivity contribution in [2.45, 2.75) is 58.4 Å². The van der Waals surface area contributed by atoms with Gasteiger partial charge in [0.2, 0.25) is 0 Å². The summed E-state index contributed by atoms with van der Waals surface area (Å²) >= 11 is 1.45. The lowest BCUT2D eigenvalue weighted by Gasteiger charge is -2.19. The minimum Gasteiger partial charge on any atom is -0.323 e. The monoisotopic (exact) mass is 227 g/mol. The fourth-order valence-electron chi connectivity index (χ4n) is 1.52. The zero-order chi connectivity index (χ0) is 11.5. The van der Waals surface area contributed by atoms with E-state index in [2.05, 4.69) is 37.3 Å². The summed E-state index contributed by atoms with van der Waals surface area (Å²) in [5.74, 6) is 0. The molecule has 0 aromatic carbocycles. The van der Waals surface area contributed by atoms with Gasteiger partial charge in [-0.2, -0.15) is 0 Å². The maximum atomic E-state index is 6.15. The molecule has 0 aliphatic heterocycles. The first-order chi connectivity index (χ1) is 6.96. The molecule has 1 unspecified atom stereocenters. The van der Waals surface area contributed by atoms with Crippen LogP contribution in [0.5, 0.6) is 0 Å². The molecule has 0 saturated carbocycles. The highest BCUT2D eigenvalue weighted by Gasteiger charge is 2.25. The third-order valence-corrected chi connectivity index (χ3v) is 3.29. The van der Waals surface area contributed by atoms with Crippen LogP contribution in [-0.2, 0) is 5.41 Å². The summed E-state index contributed by atoms with van der Waals surface area (Å²) in [6, 6.07) is 0.110. The number of hydrogen-bond donors (Lipinski definition) is 1. The number of nitrogens with two attached hydrogens (primary N) is 1. The van der Waals surface area contributed by atoms with Crippen LogP contribution in [0.4, 0.5) is 0 Å². The van der Waals surface area contributed by atoms with Gasteiger partial charge in [-0.15, -0.1) is 5.10 Å². The summed E-state index contributed by atoms with van der Waals surface area (Å²) in [5, 5.41) is 4.21. The lowest BCUT2D eigenvalue weighted by molar-refractivity contribution is 0.538. The second kappa shape index (κ2) is 5.03. The quantitative estimate of drug-likeness (QED) is 0.860. The summed E-state index contributed by atoms with van der Waals surface area (Å²) < 4.78 is 4.03. The maximum absolute atomic E-state index is 6.15. The van der Waals surface area contributed by atoms with Gasteiger partial charge in [-0.05, 0) is 18.0 Å². The Labute approximate surface area is 96.2 Å². The molecule has 1 atom stereocenters. The van der Waals surface area contributed by atoms with Crippen molar-refractivity contribution in [3.63, 3.8) is 0 Å². The largest absolute Gasteiger partial charge is 0.323 e. The fraction of sp³-hybridized carbons (Fsp3) is 0.818. The maximum Gasteiger partial charge on any atom is 0.0856 e. The summed E-state index contributed by atoms with van der Waals surface area (Å²) in [6.07, 6.45) is 3.39. The lowest BCUT2D eigenvalue weighted by Crippen LogP contribution is -2.18. The molecule has 2 N–H and O–H groups in total. The van der Waals surface area contributed by atoms with Crippen LogP contribution in [0, 0.1) is 0 Å². The molecule has 0 amide bonds. The zero-order valence-corrected chi connectivity index (χ0v) is 10.9. The van der Waals surface area contributed by atoms with E-state index in [0.717, 1.165) is 17.0 Å². The molecule has 4 heteroatoms. The SMILES string of the molecule is CCCCC(N)c1snnc1C(C)(C)C. The van der Waals surface area contributed by atoms with Crippen LogP contribution < -0.4 is 5.73 Å². The first-order valence-electron chi connectivity index (χ1n) is 5.55. The Balaban J connectivity index is 2.81. The molecular formula is C11H21N3S. The highest BCUT2D eigenvalue weighted by Crippen LogP contribution is 2.31. The van der Waals surface area contributed by atoms with E-state index in [9.17, 15) is 0 Å². The second-order valence-electron chi connectivity index (χ2n) is 4.98. The number of rotatable bonds is 4. The van der Waals surface area contributed by atoms with E-state index < -0.39 is 0 Å². The highest BCUT2D eigenvalue weighted by molar-refractivity contribution is 7.05. The molecule has 0 bridgehead atoms. The number of nitrogens with zero attached hydrogens (tertiary/aromatic N) is 2. The molecular weight excluding hydrogens is 206 g/mol. The Morgan fingerprint density at radius 1 is 1.40 bits per heavy atom. The summed E-state index contributed by atoms with van der Waals surface area (Å²) in [5.41, 5.74) is 7.27. The van der Waals surface area contributed by atoms with Gasteiger partial charge in [0.05, 0.1) is 10.6 Å². The molecule has 15 heavy (non-hydrogen) atoms. The van der Waals surface area contributed by atoms with Crippen LogP contribution in [0.2, 0.25) is 0 Å². The molecule has 0 spiro atoms. The van der Waals surface area contributed by atoms with Crippen molar-refractivity contribution < 1.29 is 0 Å². The third-order valence-electron chi connectivity index (χ3n) is 2.43. The normalized spacial score (nSPS) is 14.2. The standard InChI is InChI=1S/C11H21N3S/c1-5-6-7-8(12)9-10(11(2,3)4)13-14-15-9/h8H,5-7,12H2,1-4H3. The Hall–Kier alpha value is -0.480.